The van der Waals surface area contributed by atoms with Gasteiger partial charge in [0, 0.05) is 24.4 Å². The molecule has 1 unspecified atom stereocenters. The molecule has 2 aromatic rings. The van der Waals surface area contributed by atoms with E-state index in [9.17, 15) is 4.79 Å². The monoisotopic (exact) mass is 345 g/mol. The molecule has 0 spiro atoms. The van der Waals surface area contributed by atoms with Crippen LogP contribution in [0.5, 0.6) is 0 Å². The Balaban J connectivity index is 1.72. The van der Waals surface area contributed by atoms with Crippen molar-refractivity contribution in [3.8, 4) is 0 Å². The molecular formula is C17H19N3O3S. The number of aryl methyl sites for hydroxylation is 1. The Morgan fingerprint density at radius 3 is 2.83 bits per heavy atom. The first-order valence-corrected chi connectivity index (χ1v) is 8.90. The SMILES string of the molecule is CSc1ccc(/C=C/C(=O)N2CCOCC2c2noc(C)n2)cc1. The Bertz CT molecular complexity index is 727. The molecule has 7 heteroatoms. The fourth-order valence-corrected chi connectivity index (χ4v) is 2.92. The number of aromatic nitrogens is 2. The predicted octanol–water partition coefficient (Wildman–Crippen LogP) is 2.71. The van der Waals surface area contributed by atoms with E-state index in [-0.39, 0.29) is 11.9 Å². The zero-order chi connectivity index (χ0) is 16.9. The number of morpholine rings is 1. The van der Waals surface area contributed by atoms with Gasteiger partial charge in [-0.25, -0.2) is 0 Å². The van der Waals surface area contributed by atoms with Crippen LogP contribution in [-0.4, -0.2) is 47.0 Å². The molecule has 1 aromatic heterocycles. The highest BCUT2D eigenvalue weighted by Crippen LogP contribution is 2.22. The molecule has 126 valence electrons. The number of nitrogens with zero attached hydrogens (tertiary/aromatic N) is 3. The van der Waals surface area contributed by atoms with Gasteiger partial charge < -0.3 is 14.2 Å². The van der Waals surface area contributed by atoms with Crippen molar-refractivity contribution in [2.45, 2.75) is 17.9 Å². The van der Waals surface area contributed by atoms with Gasteiger partial charge in [0.1, 0.15) is 6.04 Å². The summed E-state index contributed by atoms with van der Waals surface area (Å²) in [5, 5.41) is 3.92. The number of hydrogen-bond donors (Lipinski definition) is 0. The maximum absolute atomic E-state index is 12.6. The fraction of sp³-hybridized carbons (Fsp3) is 0.353. The Morgan fingerprint density at radius 1 is 1.38 bits per heavy atom. The van der Waals surface area contributed by atoms with E-state index in [1.54, 1.807) is 29.7 Å². The maximum atomic E-state index is 12.6. The lowest BCUT2D eigenvalue weighted by Crippen LogP contribution is -2.43. The van der Waals surface area contributed by atoms with Gasteiger partial charge in [0.15, 0.2) is 5.82 Å². The molecule has 0 bridgehead atoms. The predicted molar refractivity (Wildman–Crippen MR) is 91.6 cm³/mol. The summed E-state index contributed by atoms with van der Waals surface area (Å²) in [6, 6.07) is 7.75. The summed E-state index contributed by atoms with van der Waals surface area (Å²) in [7, 11) is 0. The molecule has 1 aliphatic rings. The average Bonchev–Trinajstić information content (AvgIpc) is 3.06. The highest BCUT2D eigenvalue weighted by molar-refractivity contribution is 7.98. The fourth-order valence-electron chi connectivity index (χ4n) is 2.51. The molecule has 0 saturated carbocycles. The number of hydrogen-bond acceptors (Lipinski definition) is 6. The largest absolute Gasteiger partial charge is 0.377 e. The normalized spacial score (nSPS) is 18.2. The Labute approximate surface area is 144 Å². The van der Waals surface area contributed by atoms with Crippen LogP contribution in [0.2, 0.25) is 0 Å². The van der Waals surface area contributed by atoms with Crippen molar-refractivity contribution in [2.24, 2.45) is 0 Å². The van der Waals surface area contributed by atoms with Crippen LogP contribution in [0.15, 0.2) is 39.8 Å². The van der Waals surface area contributed by atoms with E-state index in [4.69, 9.17) is 9.26 Å². The molecule has 1 fully saturated rings. The molecule has 1 aliphatic heterocycles. The minimum atomic E-state index is -0.313. The van der Waals surface area contributed by atoms with Crippen molar-refractivity contribution in [3.05, 3.63) is 47.6 Å². The van der Waals surface area contributed by atoms with E-state index in [0.717, 1.165) is 5.56 Å². The van der Waals surface area contributed by atoms with Crippen molar-refractivity contribution in [3.63, 3.8) is 0 Å². The summed E-state index contributed by atoms with van der Waals surface area (Å²) in [5.74, 6) is 0.880. The molecule has 1 aromatic carbocycles. The van der Waals surface area contributed by atoms with Gasteiger partial charge in [-0.1, -0.05) is 17.3 Å². The number of ether oxygens (including phenoxy) is 1. The van der Waals surface area contributed by atoms with Gasteiger partial charge >= 0.3 is 0 Å². The van der Waals surface area contributed by atoms with Crippen LogP contribution in [0.3, 0.4) is 0 Å². The Kier molecular flexibility index (Phi) is 5.32. The van der Waals surface area contributed by atoms with E-state index < -0.39 is 0 Å². The number of carbonyl (C=O) groups excluding carboxylic acids is 1. The second kappa shape index (κ2) is 7.63. The Hall–Kier alpha value is -2.12. The zero-order valence-corrected chi connectivity index (χ0v) is 14.5. The topological polar surface area (TPSA) is 68.5 Å². The lowest BCUT2D eigenvalue weighted by molar-refractivity contribution is -0.135. The van der Waals surface area contributed by atoms with Crippen molar-refractivity contribution >= 4 is 23.7 Å². The number of thioether (sulfide) groups is 1. The van der Waals surface area contributed by atoms with E-state index in [1.165, 1.54) is 4.90 Å². The molecule has 0 radical (unpaired) electrons. The number of carbonyl (C=O) groups is 1. The van der Waals surface area contributed by atoms with Gasteiger partial charge in [0.2, 0.25) is 11.8 Å². The van der Waals surface area contributed by atoms with Crippen LogP contribution in [-0.2, 0) is 9.53 Å². The Morgan fingerprint density at radius 2 is 2.17 bits per heavy atom. The van der Waals surface area contributed by atoms with Crippen LogP contribution in [0.25, 0.3) is 6.08 Å². The first-order chi connectivity index (χ1) is 11.7. The first kappa shape index (κ1) is 16.7. The van der Waals surface area contributed by atoms with Gasteiger partial charge in [-0.05, 0) is 30.0 Å². The number of amides is 1. The molecule has 0 aliphatic carbocycles. The molecule has 6 nitrogen and oxygen atoms in total. The van der Waals surface area contributed by atoms with Gasteiger partial charge in [0.25, 0.3) is 0 Å². The third-order valence-corrected chi connectivity index (χ3v) is 4.53. The summed E-state index contributed by atoms with van der Waals surface area (Å²) in [6.07, 6.45) is 5.44. The van der Waals surface area contributed by atoms with Gasteiger partial charge in [-0.2, -0.15) is 4.98 Å². The summed E-state index contributed by atoms with van der Waals surface area (Å²) >= 11 is 1.69. The second-order valence-electron chi connectivity index (χ2n) is 5.40. The lowest BCUT2D eigenvalue weighted by atomic mass is 10.2. The summed E-state index contributed by atoms with van der Waals surface area (Å²) in [5.41, 5.74) is 0.987. The van der Waals surface area contributed by atoms with Crippen molar-refractivity contribution < 1.29 is 14.1 Å². The quantitative estimate of drug-likeness (QED) is 0.627. The first-order valence-electron chi connectivity index (χ1n) is 7.68. The lowest BCUT2D eigenvalue weighted by Gasteiger charge is -2.32. The minimum Gasteiger partial charge on any atom is -0.377 e. The molecule has 1 atom stereocenters. The van der Waals surface area contributed by atoms with Crippen molar-refractivity contribution in [2.75, 3.05) is 26.0 Å². The van der Waals surface area contributed by atoms with E-state index in [2.05, 4.69) is 10.1 Å². The minimum absolute atomic E-state index is 0.0836. The highest BCUT2D eigenvalue weighted by Gasteiger charge is 2.30. The summed E-state index contributed by atoms with van der Waals surface area (Å²) in [6.45, 7) is 3.12. The standard InChI is InChI=1S/C17H19N3O3S/c1-12-18-17(19-23-12)15-11-22-10-9-20(15)16(21)8-5-13-3-6-14(24-2)7-4-13/h3-8,15H,9-11H2,1-2H3/b8-5+. The van der Waals surface area contributed by atoms with Crippen molar-refractivity contribution in [1.29, 1.82) is 0 Å². The molecule has 0 N–H and O–H groups in total. The van der Waals surface area contributed by atoms with E-state index in [1.807, 2.05) is 36.6 Å². The second-order valence-corrected chi connectivity index (χ2v) is 6.28. The van der Waals surface area contributed by atoms with Gasteiger partial charge in [0.05, 0.1) is 13.2 Å². The summed E-state index contributed by atoms with van der Waals surface area (Å²) < 4.78 is 10.5. The number of benzene rings is 1. The maximum Gasteiger partial charge on any atom is 0.247 e. The van der Waals surface area contributed by atoms with Crippen LogP contribution in [0.4, 0.5) is 0 Å². The summed E-state index contributed by atoms with van der Waals surface area (Å²) in [4.78, 5) is 19.7. The van der Waals surface area contributed by atoms with Crippen LogP contribution in [0.1, 0.15) is 23.3 Å². The van der Waals surface area contributed by atoms with Gasteiger partial charge in [-0.15, -0.1) is 11.8 Å². The molecule has 1 amide bonds. The molecule has 2 heterocycles. The van der Waals surface area contributed by atoms with Crippen LogP contribution in [0, 0.1) is 6.92 Å². The smallest absolute Gasteiger partial charge is 0.247 e. The molecule has 1 saturated heterocycles. The number of rotatable bonds is 4. The van der Waals surface area contributed by atoms with Crippen LogP contribution < -0.4 is 0 Å². The molecule has 24 heavy (non-hydrogen) atoms. The highest BCUT2D eigenvalue weighted by atomic mass is 32.2. The van der Waals surface area contributed by atoms with E-state index >= 15 is 0 Å². The molecule has 3 rings (SSSR count). The average molecular weight is 345 g/mol. The van der Waals surface area contributed by atoms with Crippen molar-refractivity contribution in [1.82, 2.24) is 15.0 Å². The van der Waals surface area contributed by atoms with Crippen LogP contribution >= 0.6 is 11.8 Å². The zero-order valence-electron chi connectivity index (χ0n) is 13.6. The van der Waals surface area contributed by atoms with Gasteiger partial charge in [-0.3, -0.25) is 4.79 Å². The third-order valence-electron chi connectivity index (χ3n) is 3.79. The third kappa shape index (κ3) is 3.85. The molecular weight excluding hydrogens is 326 g/mol. The van der Waals surface area contributed by atoms with E-state index in [0.29, 0.717) is 31.5 Å².